The fourth-order valence-corrected chi connectivity index (χ4v) is 3.22. The topological polar surface area (TPSA) is 15.3 Å². The first-order chi connectivity index (χ1) is 9.55. The maximum Gasteiger partial charge on any atom is 0.391 e. The van der Waals surface area contributed by atoms with Crippen LogP contribution in [0.2, 0.25) is 0 Å². The first-order valence-electron chi connectivity index (χ1n) is 7.06. The first-order valence-corrected chi connectivity index (χ1v) is 8.01. The van der Waals surface area contributed by atoms with Gasteiger partial charge in [0.15, 0.2) is 0 Å². The van der Waals surface area contributed by atoms with Gasteiger partial charge >= 0.3 is 6.18 Å². The number of piperidine rings is 1. The monoisotopic (exact) mass is 306 g/mol. The Bertz CT molecular complexity index is 370. The van der Waals surface area contributed by atoms with Crippen LogP contribution < -0.4 is 5.32 Å². The van der Waals surface area contributed by atoms with E-state index in [1.54, 1.807) is 11.3 Å². The van der Waals surface area contributed by atoms with Crippen LogP contribution in [0.3, 0.4) is 0 Å². The molecule has 1 aromatic heterocycles. The summed E-state index contributed by atoms with van der Waals surface area (Å²) in [6, 6.07) is 2.12. The van der Waals surface area contributed by atoms with Gasteiger partial charge in [-0.2, -0.15) is 24.5 Å². The Labute approximate surface area is 122 Å². The van der Waals surface area contributed by atoms with Crippen molar-refractivity contribution < 1.29 is 13.2 Å². The highest BCUT2D eigenvalue weighted by Crippen LogP contribution is 2.33. The average molecular weight is 306 g/mol. The highest BCUT2D eigenvalue weighted by molar-refractivity contribution is 7.07. The summed E-state index contributed by atoms with van der Waals surface area (Å²) >= 11 is 1.70. The lowest BCUT2D eigenvalue weighted by atomic mass is 9.96. The molecule has 2 nitrogen and oxygen atoms in total. The van der Waals surface area contributed by atoms with Crippen molar-refractivity contribution in [2.45, 2.75) is 25.4 Å². The largest absolute Gasteiger partial charge is 0.391 e. The first kappa shape index (κ1) is 15.8. The van der Waals surface area contributed by atoms with E-state index in [2.05, 4.69) is 27.0 Å². The Kier molecular flexibility index (Phi) is 5.86. The van der Waals surface area contributed by atoms with Gasteiger partial charge in [0.25, 0.3) is 0 Å². The number of nitrogens with zero attached hydrogens (tertiary/aromatic N) is 1. The summed E-state index contributed by atoms with van der Waals surface area (Å²) in [5, 5.41) is 7.57. The van der Waals surface area contributed by atoms with Gasteiger partial charge in [0.1, 0.15) is 0 Å². The van der Waals surface area contributed by atoms with Crippen LogP contribution in [-0.4, -0.2) is 43.8 Å². The van der Waals surface area contributed by atoms with Gasteiger partial charge in [-0.3, -0.25) is 0 Å². The van der Waals surface area contributed by atoms with Crippen molar-refractivity contribution in [2.75, 3.05) is 32.7 Å². The minimum absolute atomic E-state index is 0.248. The molecule has 1 aromatic rings. The summed E-state index contributed by atoms with van der Waals surface area (Å²) in [6.45, 7) is 3.75. The number of halogens is 3. The van der Waals surface area contributed by atoms with E-state index in [1.807, 2.05) is 0 Å². The van der Waals surface area contributed by atoms with Gasteiger partial charge in [0.2, 0.25) is 0 Å². The SMILES string of the molecule is FC(F)(F)C1CCN(CCNCCc2ccsc2)CC1. The lowest BCUT2D eigenvalue weighted by Gasteiger charge is -2.32. The molecule has 0 saturated carbocycles. The van der Waals surface area contributed by atoms with Crippen LogP contribution in [0.25, 0.3) is 0 Å². The Morgan fingerprint density at radius 3 is 2.60 bits per heavy atom. The fourth-order valence-electron chi connectivity index (χ4n) is 2.51. The second-order valence-corrected chi connectivity index (χ2v) is 6.07. The maximum atomic E-state index is 12.5. The Hall–Kier alpha value is -0.590. The number of alkyl halides is 3. The normalized spacial score (nSPS) is 18.6. The second-order valence-electron chi connectivity index (χ2n) is 5.29. The van der Waals surface area contributed by atoms with Crippen LogP contribution in [0, 0.1) is 5.92 Å². The van der Waals surface area contributed by atoms with Gasteiger partial charge in [0, 0.05) is 13.1 Å². The highest BCUT2D eigenvalue weighted by Gasteiger charge is 2.40. The summed E-state index contributed by atoms with van der Waals surface area (Å²) in [6.07, 6.45) is -2.50. The zero-order valence-electron chi connectivity index (χ0n) is 11.5. The lowest BCUT2D eigenvalue weighted by Crippen LogP contribution is -2.41. The van der Waals surface area contributed by atoms with E-state index >= 15 is 0 Å². The molecule has 2 rings (SSSR count). The summed E-state index contributed by atoms with van der Waals surface area (Å²) in [7, 11) is 0. The van der Waals surface area contributed by atoms with Crippen LogP contribution in [0.5, 0.6) is 0 Å². The molecule has 0 radical (unpaired) electrons. The smallest absolute Gasteiger partial charge is 0.315 e. The third kappa shape index (κ3) is 5.07. The van der Waals surface area contributed by atoms with Gasteiger partial charge < -0.3 is 10.2 Å². The zero-order valence-corrected chi connectivity index (χ0v) is 12.3. The van der Waals surface area contributed by atoms with Crippen LogP contribution in [0.1, 0.15) is 18.4 Å². The number of likely N-dealkylation sites (tertiary alicyclic amines) is 1. The second kappa shape index (κ2) is 7.43. The van der Waals surface area contributed by atoms with E-state index in [9.17, 15) is 13.2 Å². The highest BCUT2D eigenvalue weighted by atomic mass is 32.1. The minimum atomic E-state index is -4.01. The molecule has 1 fully saturated rings. The molecule has 0 spiro atoms. The number of hydrogen-bond acceptors (Lipinski definition) is 3. The molecule has 1 aliphatic rings. The summed E-state index contributed by atoms with van der Waals surface area (Å²) in [5.74, 6) is -1.09. The predicted molar refractivity (Wildman–Crippen MR) is 76.1 cm³/mol. The molecule has 0 aliphatic carbocycles. The number of rotatable bonds is 6. The number of nitrogens with one attached hydrogen (secondary N) is 1. The Morgan fingerprint density at radius 1 is 1.25 bits per heavy atom. The van der Waals surface area contributed by atoms with Crippen LogP contribution in [0.4, 0.5) is 13.2 Å². The van der Waals surface area contributed by atoms with Crippen LogP contribution in [-0.2, 0) is 6.42 Å². The molecule has 20 heavy (non-hydrogen) atoms. The molecule has 1 aliphatic heterocycles. The van der Waals surface area contributed by atoms with Gasteiger partial charge in [-0.25, -0.2) is 0 Å². The number of hydrogen-bond donors (Lipinski definition) is 1. The van der Waals surface area contributed by atoms with Crippen molar-refractivity contribution in [3.8, 4) is 0 Å². The molecule has 6 heteroatoms. The molecule has 0 atom stereocenters. The molecule has 1 saturated heterocycles. The summed E-state index contributed by atoms with van der Waals surface area (Å²) < 4.78 is 37.6. The van der Waals surface area contributed by atoms with Gasteiger partial charge in [-0.15, -0.1) is 0 Å². The molecule has 0 unspecified atom stereocenters. The third-order valence-corrected chi connectivity index (χ3v) is 4.56. The van der Waals surface area contributed by atoms with Crippen LogP contribution in [0.15, 0.2) is 16.8 Å². The molecule has 114 valence electrons. The molecule has 2 heterocycles. The maximum absolute atomic E-state index is 12.5. The standard InChI is InChI=1S/C14H21F3N2S/c15-14(16,17)13-2-7-19(8-3-13)9-6-18-5-1-12-4-10-20-11-12/h4,10-11,13,18H,1-3,5-9H2. The van der Waals surface area contributed by atoms with Crippen molar-refractivity contribution in [1.29, 1.82) is 0 Å². The molecule has 0 bridgehead atoms. The van der Waals surface area contributed by atoms with E-state index in [4.69, 9.17) is 0 Å². The molecule has 0 amide bonds. The molecular weight excluding hydrogens is 285 g/mol. The van der Waals surface area contributed by atoms with E-state index < -0.39 is 12.1 Å². The number of thiophene rings is 1. The van der Waals surface area contributed by atoms with E-state index in [-0.39, 0.29) is 12.8 Å². The predicted octanol–water partition coefficient (Wildman–Crippen LogP) is 3.15. The average Bonchev–Trinajstić information content (AvgIpc) is 2.91. The van der Waals surface area contributed by atoms with Crippen molar-refractivity contribution in [3.05, 3.63) is 22.4 Å². The Morgan fingerprint density at radius 2 is 2.00 bits per heavy atom. The van der Waals surface area contributed by atoms with E-state index in [1.165, 1.54) is 5.56 Å². The molecule has 1 N–H and O–H groups in total. The van der Waals surface area contributed by atoms with E-state index in [0.29, 0.717) is 13.1 Å². The molecule has 0 aromatic carbocycles. The fraction of sp³-hybridized carbons (Fsp3) is 0.714. The minimum Gasteiger partial charge on any atom is -0.315 e. The Balaban J connectivity index is 1.53. The van der Waals surface area contributed by atoms with Crippen molar-refractivity contribution >= 4 is 11.3 Å². The lowest BCUT2D eigenvalue weighted by molar-refractivity contribution is -0.184. The van der Waals surface area contributed by atoms with Crippen molar-refractivity contribution in [1.82, 2.24) is 10.2 Å². The van der Waals surface area contributed by atoms with Crippen molar-refractivity contribution in [3.63, 3.8) is 0 Å². The van der Waals surface area contributed by atoms with E-state index in [0.717, 1.165) is 26.1 Å². The third-order valence-electron chi connectivity index (χ3n) is 3.83. The zero-order chi connectivity index (χ0) is 14.4. The van der Waals surface area contributed by atoms with Crippen LogP contribution >= 0.6 is 11.3 Å². The summed E-state index contributed by atoms with van der Waals surface area (Å²) in [4.78, 5) is 2.12. The summed E-state index contributed by atoms with van der Waals surface area (Å²) in [5.41, 5.74) is 1.34. The van der Waals surface area contributed by atoms with Crippen molar-refractivity contribution in [2.24, 2.45) is 5.92 Å². The van der Waals surface area contributed by atoms with Gasteiger partial charge in [-0.1, -0.05) is 0 Å². The quantitative estimate of drug-likeness (QED) is 0.812. The van der Waals surface area contributed by atoms with Gasteiger partial charge in [0.05, 0.1) is 5.92 Å². The molecular formula is C14H21F3N2S. The van der Waals surface area contributed by atoms with Gasteiger partial charge in [-0.05, 0) is 61.3 Å².